The van der Waals surface area contributed by atoms with Gasteiger partial charge in [-0.3, -0.25) is 4.79 Å². The minimum absolute atomic E-state index is 0.0131. The molecule has 1 amide bonds. The van der Waals surface area contributed by atoms with Crippen LogP contribution < -0.4 is 10.0 Å². The zero-order chi connectivity index (χ0) is 18.4. The lowest BCUT2D eigenvalue weighted by Crippen LogP contribution is -2.40. The summed E-state index contributed by atoms with van der Waals surface area (Å²) in [6.07, 6.45) is 0.0712. The van der Waals surface area contributed by atoms with Gasteiger partial charge in [0.1, 0.15) is 4.90 Å². The van der Waals surface area contributed by atoms with E-state index in [1.807, 2.05) is 14.1 Å². The van der Waals surface area contributed by atoms with Gasteiger partial charge in [0, 0.05) is 26.1 Å². The van der Waals surface area contributed by atoms with E-state index in [1.165, 1.54) is 12.1 Å². The van der Waals surface area contributed by atoms with E-state index in [-0.39, 0.29) is 34.2 Å². The van der Waals surface area contributed by atoms with Gasteiger partial charge in [0.25, 0.3) is 0 Å². The van der Waals surface area contributed by atoms with Crippen LogP contribution in [0.4, 0.5) is 0 Å². The van der Waals surface area contributed by atoms with Crippen LogP contribution in [0.15, 0.2) is 29.2 Å². The van der Waals surface area contributed by atoms with E-state index in [1.54, 1.807) is 12.1 Å². The third-order valence-electron chi connectivity index (χ3n) is 3.28. The van der Waals surface area contributed by atoms with E-state index in [9.17, 15) is 13.2 Å². The fraction of sp³-hybridized carbons (Fsp3) is 0.562. The Kier molecular flexibility index (Phi) is 7.66. The fourth-order valence-corrected chi connectivity index (χ4v) is 3.93. The van der Waals surface area contributed by atoms with Gasteiger partial charge in [-0.05, 0) is 31.6 Å². The maximum Gasteiger partial charge on any atom is 0.242 e. The van der Waals surface area contributed by atoms with Crippen LogP contribution in [0.2, 0.25) is 5.02 Å². The highest BCUT2D eigenvalue weighted by atomic mass is 35.5. The van der Waals surface area contributed by atoms with Crippen molar-refractivity contribution in [2.75, 3.05) is 33.7 Å². The average Bonchev–Trinajstić information content (AvgIpc) is 2.44. The predicted molar refractivity (Wildman–Crippen MR) is 96.6 cm³/mol. The molecule has 2 N–H and O–H groups in total. The van der Waals surface area contributed by atoms with Crippen LogP contribution in [-0.2, 0) is 14.8 Å². The Balaban J connectivity index is 2.44. The topological polar surface area (TPSA) is 78.5 Å². The average molecular weight is 376 g/mol. The van der Waals surface area contributed by atoms with Gasteiger partial charge in [-0.1, -0.05) is 37.6 Å². The molecule has 0 aromatic heterocycles. The highest BCUT2D eigenvalue weighted by molar-refractivity contribution is 7.89. The van der Waals surface area contributed by atoms with Crippen molar-refractivity contribution in [1.29, 1.82) is 0 Å². The molecule has 24 heavy (non-hydrogen) atoms. The largest absolute Gasteiger partial charge is 0.355 e. The molecule has 6 nitrogen and oxygen atoms in total. The molecule has 1 aromatic rings. The molecule has 1 rings (SSSR count). The molecule has 0 unspecified atom stereocenters. The normalized spacial score (nSPS) is 12.4. The van der Waals surface area contributed by atoms with Gasteiger partial charge < -0.3 is 10.2 Å². The lowest BCUT2D eigenvalue weighted by Gasteiger charge is -2.28. The molecule has 0 saturated carbocycles. The first-order valence-electron chi connectivity index (χ1n) is 7.69. The second kappa shape index (κ2) is 8.80. The van der Waals surface area contributed by atoms with Crippen molar-refractivity contribution in [3.8, 4) is 0 Å². The first-order chi connectivity index (χ1) is 11.0. The zero-order valence-corrected chi connectivity index (χ0v) is 16.2. The number of carbonyl (C=O) groups is 1. The molecule has 0 atom stereocenters. The monoisotopic (exact) mass is 375 g/mol. The summed E-state index contributed by atoms with van der Waals surface area (Å²) in [5.41, 5.74) is -0.0593. The lowest BCUT2D eigenvalue weighted by atomic mass is 9.93. The van der Waals surface area contributed by atoms with E-state index in [0.717, 1.165) is 6.54 Å². The van der Waals surface area contributed by atoms with Crippen molar-refractivity contribution in [2.24, 2.45) is 5.41 Å². The SMILES string of the molecule is CN(C)CC(C)(C)CNC(=O)CCNS(=O)(=O)c1ccccc1Cl. The van der Waals surface area contributed by atoms with Gasteiger partial charge in [-0.2, -0.15) is 0 Å². The van der Waals surface area contributed by atoms with Gasteiger partial charge in [0.15, 0.2) is 0 Å². The number of hydrogen-bond donors (Lipinski definition) is 2. The minimum Gasteiger partial charge on any atom is -0.355 e. The second-order valence-corrected chi connectivity index (χ2v) is 8.90. The number of nitrogens with one attached hydrogen (secondary N) is 2. The number of rotatable bonds is 9. The fourth-order valence-electron chi connectivity index (χ4n) is 2.38. The molecule has 0 aliphatic heterocycles. The molecule has 8 heteroatoms. The van der Waals surface area contributed by atoms with Crippen LogP contribution in [0.25, 0.3) is 0 Å². The van der Waals surface area contributed by atoms with Crippen LogP contribution in [0.3, 0.4) is 0 Å². The first-order valence-corrected chi connectivity index (χ1v) is 9.55. The Morgan fingerprint density at radius 1 is 1.25 bits per heavy atom. The molecule has 0 saturated heterocycles. The lowest BCUT2D eigenvalue weighted by molar-refractivity contribution is -0.121. The number of hydrogen-bond acceptors (Lipinski definition) is 4. The molecule has 136 valence electrons. The Bertz CT molecular complexity index is 660. The number of sulfonamides is 1. The van der Waals surface area contributed by atoms with Crippen molar-refractivity contribution in [3.05, 3.63) is 29.3 Å². The quantitative estimate of drug-likeness (QED) is 0.688. The summed E-state index contributed by atoms with van der Waals surface area (Å²) in [7, 11) is 0.244. The molecule has 0 spiro atoms. The van der Waals surface area contributed by atoms with Gasteiger partial charge in [-0.25, -0.2) is 13.1 Å². The third kappa shape index (κ3) is 7.17. The summed E-state index contributed by atoms with van der Waals surface area (Å²) in [6, 6.07) is 6.19. The highest BCUT2D eigenvalue weighted by Crippen LogP contribution is 2.20. The Hall–Kier alpha value is -1.15. The molecule has 0 aliphatic carbocycles. The Labute approximate surface area is 149 Å². The van der Waals surface area contributed by atoms with Crippen molar-refractivity contribution in [1.82, 2.24) is 14.9 Å². The molecule has 0 bridgehead atoms. The highest BCUT2D eigenvalue weighted by Gasteiger charge is 2.20. The summed E-state index contributed by atoms with van der Waals surface area (Å²) in [5.74, 6) is -0.191. The van der Waals surface area contributed by atoms with Crippen LogP contribution in [0.5, 0.6) is 0 Å². The van der Waals surface area contributed by atoms with Crippen LogP contribution in [-0.4, -0.2) is 53.0 Å². The third-order valence-corrected chi connectivity index (χ3v) is 5.24. The smallest absolute Gasteiger partial charge is 0.242 e. The molecule has 0 radical (unpaired) electrons. The molecule has 0 aliphatic rings. The standard InChI is InChI=1S/C16H26ClN3O3S/c1-16(2,12-20(3)4)11-18-15(21)9-10-19-24(22,23)14-8-6-5-7-13(14)17/h5-8,19H,9-12H2,1-4H3,(H,18,21). The number of halogens is 1. The van der Waals surface area contributed by atoms with Crippen LogP contribution >= 0.6 is 11.6 Å². The number of carbonyl (C=O) groups excluding carboxylic acids is 1. The summed E-state index contributed by atoms with van der Waals surface area (Å²) < 4.78 is 26.7. The predicted octanol–water partition coefficient (Wildman–Crippen LogP) is 1.71. The molecular formula is C16H26ClN3O3S. The maximum atomic E-state index is 12.1. The van der Waals surface area contributed by atoms with Gasteiger partial charge >= 0.3 is 0 Å². The number of benzene rings is 1. The molecular weight excluding hydrogens is 350 g/mol. The number of amides is 1. The van der Waals surface area contributed by atoms with E-state index in [2.05, 4.69) is 28.8 Å². The summed E-state index contributed by atoms with van der Waals surface area (Å²) in [6.45, 7) is 5.52. The number of nitrogens with zero attached hydrogens (tertiary/aromatic N) is 1. The van der Waals surface area contributed by atoms with E-state index >= 15 is 0 Å². The van der Waals surface area contributed by atoms with Gasteiger partial charge in [-0.15, -0.1) is 0 Å². The zero-order valence-electron chi connectivity index (χ0n) is 14.6. The van der Waals surface area contributed by atoms with Gasteiger partial charge in [0.05, 0.1) is 5.02 Å². The maximum absolute atomic E-state index is 12.1. The van der Waals surface area contributed by atoms with Crippen LogP contribution in [0.1, 0.15) is 20.3 Å². The summed E-state index contributed by atoms with van der Waals surface area (Å²) in [5, 5.41) is 2.99. The van der Waals surface area contributed by atoms with E-state index in [4.69, 9.17) is 11.6 Å². The van der Waals surface area contributed by atoms with Crippen molar-refractivity contribution >= 4 is 27.5 Å². The first kappa shape index (κ1) is 20.9. The molecule has 1 aromatic carbocycles. The van der Waals surface area contributed by atoms with Crippen molar-refractivity contribution in [2.45, 2.75) is 25.2 Å². The Morgan fingerprint density at radius 3 is 2.46 bits per heavy atom. The Morgan fingerprint density at radius 2 is 1.88 bits per heavy atom. The molecule has 0 heterocycles. The minimum atomic E-state index is -3.71. The van der Waals surface area contributed by atoms with Crippen molar-refractivity contribution in [3.63, 3.8) is 0 Å². The molecule has 0 fully saturated rings. The summed E-state index contributed by atoms with van der Waals surface area (Å²) in [4.78, 5) is 14.0. The van der Waals surface area contributed by atoms with E-state index < -0.39 is 10.0 Å². The van der Waals surface area contributed by atoms with Crippen LogP contribution in [0, 0.1) is 5.41 Å². The van der Waals surface area contributed by atoms with Crippen molar-refractivity contribution < 1.29 is 13.2 Å². The van der Waals surface area contributed by atoms with E-state index in [0.29, 0.717) is 6.54 Å². The van der Waals surface area contributed by atoms with Gasteiger partial charge in [0.2, 0.25) is 15.9 Å². The summed E-state index contributed by atoms with van der Waals surface area (Å²) >= 11 is 5.89. The second-order valence-electron chi connectivity index (χ2n) is 6.76.